The number of benzene rings is 6. The van der Waals surface area contributed by atoms with Crippen molar-refractivity contribution in [3.63, 3.8) is 0 Å². The number of hydrogen-bond donors (Lipinski definition) is 6. The van der Waals surface area contributed by atoms with E-state index in [1.807, 2.05) is 48.5 Å². The number of nitrogens with one attached hydrogen (secondary N) is 3. The molecule has 0 bridgehead atoms. The molecule has 6 aliphatic heterocycles. The van der Waals surface area contributed by atoms with E-state index in [1.165, 1.54) is 67.3 Å². The third-order valence-electron chi connectivity index (χ3n) is 21.5. The monoisotopic (exact) mass is 1780 g/mol. The molecule has 119 heavy (non-hydrogen) atoms. The van der Waals surface area contributed by atoms with Gasteiger partial charge in [-0.15, -0.1) is 0 Å². The van der Waals surface area contributed by atoms with Gasteiger partial charge in [-0.2, -0.15) is 40.5 Å². The molecule has 0 saturated carbocycles. The number of halogens is 6. The smallest absolute Gasteiger partial charge is 0.870 e. The zero-order valence-electron chi connectivity index (χ0n) is 66.5. The van der Waals surface area contributed by atoms with Gasteiger partial charge in [0.25, 0.3) is 0 Å². The Balaban J connectivity index is 0.000000228. The van der Waals surface area contributed by atoms with Crippen LogP contribution < -0.4 is 55.2 Å². The number of methoxy groups -OCH3 is 2. The summed E-state index contributed by atoms with van der Waals surface area (Å²) in [4.78, 5) is 93.5. The maximum atomic E-state index is 12.9. The zero-order chi connectivity index (χ0) is 80.5. The van der Waals surface area contributed by atoms with Crippen molar-refractivity contribution in [2.75, 3.05) is 104 Å². The fourth-order valence-corrected chi connectivity index (χ4v) is 17.0. The standard InChI is InChI=1S/C30H31Cl2N3O3.C29H29Cl2N3O3.C22H28N4O2.C7H4Cl2O2.Li.H2O.3H2S/c1-38-30(37)22(16-27(36)28-25(31)5-2-6-26(28)32)14-19-7-11-24(12-8-19)35-17-20(18-35)15-23-10-9-21-4-3-13-33-29(21)34-23;30-24-4-1-5-25(31)27(24)26(35)15-21(29(36)37)13-18-6-10-23(11-7-18)34-16-19(17-34)14-22-9-8-20-3-2-12-32-28(20)33-22;1-28-22(27)20(23)12-15-4-8-19(9-5-15)26-13-16(14-26)11-18-7-6-17-3-2-10-24-21(17)25-18;8-4-2-1-3-5(9)6(4)7(10)11;;;;;/h2,5-12,20,22H,3-4,13-18H2,1H3,(H,33,34);1,4-11,19,21H,2-3,12-17H2,(H,32,33)(H,36,37);4-9,16,20H,2-3,10-14,23H2,1H3,(H,24,25);1-3H,(H,10,11);;4*1H2/q;;;;+1;;;;/p-1/t22-;21-;20-;;;;;;/m110....../s1. The van der Waals surface area contributed by atoms with Crippen molar-refractivity contribution in [2.24, 2.45) is 35.3 Å². The summed E-state index contributed by atoms with van der Waals surface area (Å²) < 4.78 is 9.67. The number of nitrogens with zero attached hydrogens (tertiary/aromatic N) is 6. The molecule has 3 aromatic heterocycles. The van der Waals surface area contributed by atoms with Crippen LogP contribution >= 0.6 is 110 Å². The van der Waals surface area contributed by atoms with Gasteiger partial charge in [-0.3, -0.25) is 24.0 Å². The van der Waals surface area contributed by atoms with Crippen molar-refractivity contribution in [3.8, 4) is 0 Å². The Morgan fingerprint density at radius 2 is 0.723 bits per heavy atom. The maximum absolute atomic E-state index is 12.9. The minimum Gasteiger partial charge on any atom is -0.870 e. The Morgan fingerprint density at radius 1 is 0.429 bits per heavy atom. The number of aromatic nitrogens is 3. The summed E-state index contributed by atoms with van der Waals surface area (Å²) in [6.45, 7) is 9.04. The largest absolute Gasteiger partial charge is 1.00 e. The SMILES string of the molecule is COC(=O)[C@@H](CC(=O)c1c(Cl)cccc1Cl)Cc1ccc(N2CC(Cc3ccc4c(n3)NCCC4)C2)cc1.COC(=O)[C@@H](N)Cc1ccc(N2CC(Cc3ccc4c(n3)NCCC4)C2)cc1.O=C(C[C@@H](Cc1ccc(N2CC(Cc3ccc4c(n3)NCCC4)C2)cc1)C(=O)O)c1c(Cl)cccc1Cl.O=C(O)c1c(Cl)cccc1Cl.S.S.S.[Li+].[OH-]. The normalized spacial score (nSPS) is 14.9. The molecule has 21 nitrogen and oxygen atoms in total. The number of ether oxygens (including phenoxy) is 2. The van der Waals surface area contributed by atoms with Crippen molar-refractivity contribution in [3.05, 3.63) is 261 Å². The average Bonchev–Trinajstić information content (AvgIpc) is 0.798. The van der Waals surface area contributed by atoms with Gasteiger partial charge in [0.1, 0.15) is 23.5 Å². The summed E-state index contributed by atoms with van der Waals surface area (Å²) in [5, 5.41) is 29.9. The van der Waals surface area contributed by atoms with E-state index in [9.17, 15) is 33.9 Å². The first kappa shape index (κ1) is 98.2. The summed E-state index contributed by atoms with van der Waals surface area (Å²) in [7, 11) is 2.70. The van der Waals surface area contributed by atoms with E-state index in [0.717, 1.165) is 161 Å². The van der Waals surface area contributed by atoms with Gasteiger partial charge in [-0.05, 0) is 219 Å². The van der Waals surface area contributed by atoms with Crippen LogP contribution in [0.25, 0.3) is 0 Å². The number of anilines is 6. The zero-order valence-corrected chi connectivity index (χ0v) is 74.0. The van der Waals surface area contributed by atoms with Crippen LogP contribution in [0, 0.1) is 29.6 Å². The topological polar surface area (TPSA) is 302 Å². The number of nitrogens with two attached hydrogens (primary N) is 1. The first-order chi connectivity index (χ1) is 55.0. The molecule has 0 aliphatic carbocycles. The van der Waals surface area contributed by atoms with Gasteiger partial charge in [-0.1, -0.05) is 142 Å². The molecular weight excluding hydrogens is 1690 g/mol. The van der Waals surface area contributed by atoms with Gasteiger partial charge < -0.3 is 61.5 Å². The maximum Gasteiger partial charge on any atom is 1.00 e. The van der Waals surface area contributed by atoms with E-state index in [0.29, 0.717) is 30.6 Å². The second-order valence-electron chi connectivity index (χ2n) is 29.8. The number of aliphatic carboxylic acids is 1. The second-order valence-corrected chi connectivity index (χ2v) is 32.2. The first-order valence-electron chi connectivity index (χ1n) is 38.5. The van der Waals surface area contributed by atoms with E-state index in [-0.39, 0.29) is 148 Å². The van der Waals surface area contributed by atoms with E-state index in [2.05, 4.69) is 96.1 Å². The number of Topliss-reactive ketones (excluding diaryl/α,β-unsaturated/α-hetero) is 2. The minimum absolute atomic E-state index is 0. The van der Waals surface area contributed by atoms with Gasteiger partial charge in [-0.25, -0.2) is 19.7 Å². The van der Waals surface area contributed by atoms with Crippen molar-refractivity contribution in [1.29, 1.82) is 0 Å². The fourth-order valence-electron chi connectivity index (χ4n) is 15.2. The number of aromatic carboxylic acids is 1. The molecule has 0 amide bonds. The number of esters is 2. The average molecular weight is 1790 g/mol. The molecule has 0 spiro atoms. The number of rotatable bonds is 25. The molecule has 8 N–H and O–H groups in total. The molecule has 9 heterocycles. The molecule has 3 saturated heterocycles. The third kappa shape index (κ3) is 26.6. The van der Waals surface area contributed by atoms with Gasteiger partial charge in [0.05, 0.1) is 72.9 Å². The summed E-state index contributed by atoms with van der Waals surface area (Å²) >= 11 is 35.8. The summed E-state index contributed by atoms with van der Waals surface area (Å²) in [6, 6.07) is 51.3. The minimum atomic E-state index is -1.11. The van der Waals surface area contributed by atoms with Crippen LogP contribution in [0.3, 0.4) is 0 Å². The third-order valence-corrected chi connectivity index (χ3v) is 23.3. The molecule has 15 rings (SSSR count). The predicted molar refractivity (Wildman–Crippen MR) is 486 cm³/mol. The van der Waals surface area contributed by atoms with Crippen molar-refractivity contribution >= 4 is 180 Å². The van der Waals surface area contributed by atoms with Gasteiger partial charge in [0, 0.05) is 106 Å². The number of aryl methyl sites for hydroxylation is 3. The molecule has 6 aliphatic rings. The van der Waals surface area contributed by atoms with Crippen molar-refractivity contribution in [1.82, 2.24) is 15.0 Å². The summed E-state index contributed by atoms with van der Waals surface area (Å²) in [5.41, 5.74) is 20.0. The molecular formula is C88H99Cl6LiN10O11S3. The first-order valence-corrected chi connectivity index (χ1v) is 40.8. The molecule has 628 valence electrons. The van der Waals surface area contributed by atoms with Gasteiger partial charge in [0.2, 0.25) is 0 Å². The van der Waals surface area contributed by atoms with Gasteiger partial charge >= 0.3 is 42.7 Å². The van der Waals surface area contributed by atoms with Crippen LogP contribution in [0.1, 0.15) is 114 Å². The van der Waals surface area contributed by atoms with Crippen molar-refractivity contribution in [2.45, 2.75) is 95.9 Å². The molecule has 0 unspecified atom stereocenters. The summed E-state index contributed by atoms with van der Waals surface area (Å²) in [5.74, 6) is -0.0885. The molecule has 3 fully saturated rings. The van der Waals surface area contributed by atoms with Crippen LogP contribution in [0.5, 0.6) is 0 Å². The molecule has 6 aromatic carbocycles. The number of fused-ring (bicyclic) bond motifs is 3. The van der Waals surface area contributed by atoms with E-state index >= 15 is 0 Å². The summed E-state index contributed by atoms with van der Waals surface area (Å²) in [6.07, 6.45) is 10.8. The number of ketones is 2. The van der Waals surface area contributed by atoms with Gasteiger partial charge in [0.15, 0.2) is 11.6 Å². The number of pyridine rings is 3. The number of carbonyl (C=O) groups excluding carboxylic acids is 4. The number of carboxylic acids is 2. The second kappa shape index (κ2) is 46.9. The predicted octanol–water partition coefficient (Wildman–Crippen LogP) is 14.0. The molecule has 9 aromatic rings. The van der Waals surface area contributed by atoms with E-state index in [4.69, 9.17) is 100 Å². The number of carbonyl (C=O) groups is 6. The van der Waals surface area contributed by atoms with Crippen LogP contribution in [-0.2, 0) is 81.6 Å². The van der Waals surface area contributed by atoms with E-state index < -0.39 is 35.8 Å². The van der Waals surface area contributed by atoms with E-state index in [1.54, 1.807) is 42.5 Å². The quantitative estimate of drug-likeness (QED) is 0.0176. The van der Waals surface area contributed by atoms with Crippen LogP contribution in [0.15, 0.2) is 164 Å². The number of carboxylic acid groups (broad SMARTS) is 2. The number of hydrogen-bond acceptors (Lipinski definition) is 19. The van der Waals surface area contributed by atoms with Crippen LogP contribution in [0.4, 0.5) is 34.5 Å². The molecule has 31 heteroatoms. The molecule has 3 atom stereocenters. The fraction of sp³-hybridized carbons (Fsp3) is 0.352. The Bertz CT molecular complexity index is 4880. The Morgan fingerprint density at radius 3 is 1.02 bits per heavy atom. The Kier molecular flexibility index (Phi) is 38.7. The Hall–Kier alpha value is -7.90. The van der Waals surface area contributed by atoms with Crippen molar-refractivity contribution < 1.29 is 72.8 Å². The molecule has 0 radical (unpaired) electrons. The van der Waals surface area contributed by atoms with Crippen LogP contribution in [0.2, 0.25) is 30.1 Å². The Labute approximate surface area is 757 Å². The van der Waals surface area contributed by atoms with Crippen LogP contribution in [-0.4, -0.2) is 145 Å².